The molecule has 1 aliphatic carbocycles. The minimum atomic E-state index is 0.0775. The first-order chi connectivity index (χ1) is 10.3. The largest absolute Gasteiger partial charge is 0.268 e. The van der Waals surface area contributed by atoms with Crippen molar-refractivity contribution >= 4 is 21.6 Å². The van der Waals surface area contributed by atoms with E-state index in [-0.39, 0.29) is 5.56 Å². The average Bonchev–Trinajstić information content (AvgIpc) is 2.88. The third-order valence-electron chi connectivity index (χ3n) is 4.25. The van der Waals surface area contributed by atoms with Crippen molar-refractivity contribution in [3.8, 4) is 5.69 Å². The number of hydrogen-bond acceptors (Lipinski definition) is 3. The number of nitrogens with zero attached hydrogens (tertiary/aromatic N) is 2. The lowest BCUT2D eigenvalue weighted by Gasteiger charge is -2.11. The van der Waals surface area contributed by atoms with Crippen molar-refractivity contribution < 1.29 is 0 Å². The highest BCUT2D eigenvalue weighted by Crippen LogP contribution is 2.33. The van der Waals surface area contributed by atoms with Crippen LogP contribution in [0.15, 0.2) is 35.4 Å². The Morgan fingerprint density at radius 1 is 1.19 bits per heavy atom. The lowest BCUT2D eigenvalue weighted by atomic mass is 9.97. The predicted octanol–water partition coefficient (Wildman–Crippen LogP) is 3.63. The molecule has 0 amide bonds. The monoisotopic (exact) mass is 296 g/mol. The fraction of sp³-hybridized carbons (Fsp3) is 0.294. The molecule has 106 valence electrons. The van der Waals surface area contributed by atoms with Gasteiger partial charge < -0.3 is 0 Å². The summed E-state index contributed by atoms with van der Waals surface area (Å²) in [5.74, 6) is 0. The number of aryl methyl sites for hydroxylation is 3. The Morgan fingerprint density at radius 3 is 2.86 bits per heavy atom. The minimum absolute atomic E-state index is 0.0775. The summed E-state index contributed by atoms with van der Waals surface area (Å²) in [4.78, 5) is 19.8. The molecule has 3 aromatic rings. The molecule has 0 saturated carbocycles. The standard InChI is InChI=1S/C17H16N2OS/c1-11-6-2-4-8-13(11)19-10-18-16-15(17(19)20)12-7-3-5-9-14(12)21-16/h2,4,6,8,10H,3,5,7,9H2,1H3. The maximum absolute atomic E-state index is 12.9. The van der Waals surface area contributed by atoms with Gasteiger partial charge in [-0.15, -0.1) is 11.3 Å². The summed E-state index contributed by atoms with van der Waals surface area (Å²) in [5, 5.41) is 0.848. The molecule has 2 heterocycles. The van der Waals surface area contributed by atoms with E-state index in [9.17, 15) is 4.79 Å². The van der Waals surface area contributed by atoms with E-state index in [1.165, 1.54) is 23.3 Å². The van der Waals surface area contributed by atoms with Crippen LogP contribution in [0.25, 0.3) is 15.9 Å². The normalized spacial score (nSPS) is 14.3. The molecule has 1 aliphatic rings. The summed E-state index contributed by atoms with van der Waals surface area (Å²) in [6, 6.07) is 7.95. The Morgan fingerprint density at radius 2 is 2.00 bits per heavy atom. The second-order valence-corrected chi connectivity index (χ2v) is 6.68. The lowest BCUT2D eigenvalue weighted by molar-refractivity contribution is 0.699. The minimum Gasteiger partial charge on any atom is -0.268 e. The highest BCUT2D eigenvalue weighted by molar-refractivity contribution is 7.18. The van der Waals surface area contributed by atoms with Crippen LogP contribution in [0, 0.1) is 6.92 Å². The van der Waals surface area contributed by atoms with Crippen LogP contribution in [0.1, 0.15) is 28.8 Å². The van der Waals surface area contributed by atoms with Gasteiger partial charge in [0, 0.05) is 4.88 Å². The van der Waals surface area contributed by atoms with Crippen LogP contribution in [0.2, 0.25) is 0 Å². The molecule has 0 unspecified atom stereocenters. The number of aromatic nitrogens is 2. The Balaban J connectivity index is 2.03. The molecular weight excluding hydrogens is 280 g/mol. The zero-order valence-electron chi connectivity index (χ0n) is 11.9. The molecule has 1 aromatic carbocycles. The van der Waals surface area contributed by atoms with Crippen LogP contribution in [0.5, 0.6) is 0 Å². The van der Waals surface area contributed by atoms with Gasteiger partial charge in [-0.2, -0.15) is 0 Å². The highest BCUT2D eigenvalue weighted by Gasteiger charge is 2.20. The maximum Gasteiger partial charge on any atom is 0.266 e. The van der Waals surface area contributed by atoms with Gasteiger partial charge in [-0.05, 0) is 49.8 Å². The van der Waals surface area contributed by atoms with Crippen molar-refractivity contribution in [2.24, 2.45) is 0 Å². The molecule has 0 fully saturated rings. The maximum atomic E-state index is 12.9. The zero-order valence-corrected chi connectivity index (χ0v) is 12.7. The van der Waals surface area contributed by atoms with Crippen molar-refractivity contribution in [2.45, 2.75) is 32.6 Å². The fourth-order valence-electron chi connectivity index (χ4n) is 3.15. The number of benzene rings is 1. The van der Waals surface area contributed by atoms with Gasteiger partial charge in [0.15, 0.2) is 0 Å². The van der Waals surface area contributed by atoms with E-state index in [1.807, 2.05) is 31.2 Å². The number of para-hydroxylation sites is 1. The van der Waals surface area contributed by atoms with Crippen molar-refractivity contribution in [3.05, 3.63) is 57.0 Å². The third kappa shape index (κ3) is 1.94. The summed E-state index contributed by atoms with van der Waals surface area (Å²) in [6.07, 6.45) is 6.20. The summed E-state index contributed by atoms with van der Waals surface area (Å²) in [6.45, 7) is 2.02. The zero-order chi connectivity index (χ0) is 14.4. The lowest BCUT2D eigenvalue weighted by Crippen LogP contribution is -2.20. The molecule has 0 aliphatic heterocycles. The van der Waals surface area contributed by atoms with E-state index in [4.69, 9.17) is 0 Å². The molecule has 4 rings (SSSR count). The number of rotatable bonds is 1. The van der Waals surface area contributed by atoms with Gasteiger partial charge in [-0.1, -0.05) is 18.2 Å². The highest BCUT2D eigenvalue weighted by atomic mass is 32.1. The van der Waals surface area contributed by atoms with Crippen molar-refractivity contribution in [1.29, 1.82) is 0 Å². The molecule has 3 nitrogen and oxygen atoms in total. The van der Waals surface area contributed by atoms with Crippen LogP contribution in [-0.4, -0.2) is 9.55 Å². The van der Waals surface area contributed by atoms with Crippen LogP contribution in [-0.2, 0) is 12.8 Å². The Kier molecular flexibility index (Phi) is 2.93. The van der Waals surface area contributed by atoms with E-state index in [2.05, 4.69) is 4.98 Å². The topological polar surface area (TPSA) is 34.9 Å². The summed E-state index contributed by atoms with van der Waals surface area (Å²) >= 11 is 1.70. The smallest absolute Gasteiger partial charge is 0.266 e. The first-order valence-electron chi connectivity index (χ1n) is 7.33. The van der Waals surface area contributed by atoms with Crippen LogP contribution in [0.4, 0.5) is 0 Å². The number of hydrogen-bond donors (Lipinski definition) is 0. The summed E-state index contributed by atoms with van der Waals surface area (Å²) < 4.78 is 1.69. The molecule has 0 bridgehead atoms. The third-order valence-corrected chi connectivity index (χ3v) is 5.45. The van der Waals surface area contributed by atoms with Gasteiger partial charge in [0.2, 0.25) is 0 Å². The summed E-state index contributed by atoms with van der Waals surface area (Å²) in [7, 11) is 0. The molecule has 21 heavy (non-hydrogen) atoms. The van der Waals surface area contributed by atoms with Gasteiger partial charge in [0.05, 0.1) is 11.1 Å². The van der Waals surface area contributed by atoms with Gasteiger partial charge in [0.1, 0.15) is 11.2 Å². The van der Waals surface area contributed by atoms with Crippen LogP contribution in [0.3, 0.4) is 0 Å². The molecule has 0 N–H and O–H groups in total. The van der Waals surface area contributed by atoms with E-state index < -0.39 is 0 Å². The second kappa shape index (κ2) is 4.81. The molecule has 2 aromatic heterocycles. The number of fused-ring (bicyclic) bond motifs is 3. The quantitative estimate of drug-likeness (QED) is 0.687. The Hall–Kier alpha value is -1.94. The van der Waals surface area contributed by atoms with Crippen molar-refractivity contribution in [3.63, 3.8) is 0 Å². The van der Waals surface area contributed by atoms with Crippen molar-refractivity contribution in [1.82, 2.24) is 9.55 Å². The van der Waals surface area contributed by atoms with E-state index in [1.54, 1.807) is 22.2 Å². The molecule has 0 atom stereocenters. The van der Waals surface area contributed by atoms with Gasteiger partial charge in [-0.3, -0.25) is 9.36 Å². The fourth-order valence-corrected chi connectivity index (χ4v) is 4.37. The molecule has 0 radical (unpaired) electrons. The SMILES string of the molecule is Cc1ccccc1-n1cnc2sc3c(c2c1=O)CCCC3. The van der Waals surface area contributed by atoms with Gasteiger partial charge >= 0.3 is 0 Å². The molecule has 0 spiro atoms. The van der Waals surface area contributed by atoms with Crippen LogP contribution < -0.4 is 5.56 Å². The molecule has 4 heteroatoms. The summed E-state index contributed by atoms with van der Waals surface area (Å²) in [5.41, 5.74) is 3.34. The average molecular weight is 296 g/mol. The molecular formula is C17H16N2OS. The van der Waals surface area contributed by atoms with E-state index >= 15 is 0 Å². The van der Waals surface area contributed by atoms with Gasteiger partial charge in [0.25, 0.3) is 5.56 Å². The molecule has 0 saturated heterocycles. The first-order valence-corrected chi connectivity index (χ1v) is 8.15. The Labute approximate surface area is 126 Å². The second-order valence-electron chi connectivity index (χ2n) is 5.60. The van der Waals surface area contributed by atoms with Crippen LogP contribution >= 0.6 is 11.3 Å². The van der Waals surface area contributed by atoms with E-state index in [0.717, 1.165) is 34.3 Å². The Bertz CT molecular complexity index is 891. The first kappa shape index (κ1) is 12.8. The van der Waals surface area contributed by atoms with Gasteiger partial charge in [-0.25, -0.2) is 4.98 Å². The predicted molar refractivity (Wildman–Crippen MR) is 86.6 cm³/mol. The van der Waals surface area contributed by atoms with Crippen molar-refractivity contribution in [2.75, 3.05) is 0 Å². The van der Waals surface area contributed by atoms with E-state index in [0.29, 0.717) is 0 Å². The number of thiophene rings is 1.